The van der Waals surface area contributed by atoms with E-state index in [1.165, 1.54) is 12.1 Å². The number of halogens is 2. The van der Waals surface area contributed by atoms with Crippen molar-refractivity contribution in [3.63, 3.8) is 0 Å². The molecule has 2 N–H and O–H groups in total. The molecule has 0 radical (unpaired) electrons. The van der Waals surface area contributed by atoms with Crippen molar-refractivity contribution >= 4 is 27.8 Å². The van der Waals surface area contributed by atoms with Crippen LogP contribution in [0.5, 0.6) is 0 Å². The Morgan fingerprint density at radius 1 is 1.18 bits per heavy atom. The lowest BCUT2D eigenvalue weighted by atomic mass is 10.2. The van der Waals surface area contributed by atoms with Gasteiger partial charge in [0.15, 0.2) is 5.82 Å². The fourth-order valence-corrected chi connectivity index (χ4v) is 2.26. The summed E-state index contributed by atoms with van der Waals surface area (Å²) in [6.07, 6.45) is 0. The Bertz CT molecular complexity index is 816. The number of nitrogens with zero attached hydrogens (tertiary/aromatic N) is 2. The Labute approximate surface area is 133 Å². The molecule has 0 fully saturated rings. The fraction of sp³-hybridized carbons (Fsp3) is 0. The maximum absolute atomic E-state index is 12.9. The van der Waals surface area contributed by atoms with Gasteiger partial charge in [-0.1, -0.05) is 22.0 Å². The van der Waals surface area contributed by atoms with Crippen molar-refractivity contribution in [2.75, 3.05) is 5.32 Å². The lowest BCUT2D eigenvalue weighted by Crippen LogP contribution is -2.12. The van der Waals surface area contributed by atoms with Crippen molar-refractivity contribution in [2.45, 2.75) is 0 Å². The van der Waals surface area contributed by atoms with Crippen LogP contribution in [0, 0.1) is 5.82 Å². The van der Waals surface area contributed by atoms with E-state index < -0.39 is 0 Å². The summed E-state index contributed by atoms with van der Waals surface area (Å²) in [5, 5.41) is 9.23. The zero-order valence-electron chi connectivity index (χ0n) is 11.2. The van der Waals surface area contributed by atoms with Crippen LogP contribution in [0.3, 0.4) is 0 Å². The minimum Gasteiger partial charge on any atom is -0.289 e. The van der Waals surface area contributed by atoms with Gasteiger partial charge in [0, 0.05) is 15.6 Å². The molecule has 1 heterocycles. The number of rotatable bonds is 3. The molecule has 3 rings (SSSR count). The predicted octanol–water partition coefficient (Wildman–Crippen LogP) is 3.63. The number of carbonyl (C=O) groups is 1. The van der Waals surface area contributed by atoms with Gasteiger partial charge in [-0.3, -0.25) is 15.2 Å². The van der Waals surface area contributed by atoms with Gasteiger partial charge >= 0.3 is 0 Å². The number of hydrogen-bond acceptors (Lipinski definition) is 3. The van der Waals surface area contributed by atoms with Crippen LogP contribution in [0.4, 0.5) is 10.3 Å². The van der Waals surface area contributed by atoms with Crippen LogP contribution < -0.4 is 5.32 Å². The zero-order valence-corrected chi connectivity index (χ0v) is 12.8. The number of nitrogens with one attached hydrogen (secondary N) is 2. The lowest BCUT2D eigenvalue weighted by molar-refractivity contribution is 0.102. The van der Waals surface area contributed by atoms with Gasteiger partial charge in [0.2, 0.25) is 5.95 Å². The molecule has 0 aliphatic rings. The molecule has 5 nitrogen and oxygen atoms in total. The summed E-state index contributed by atoms with van der Waals surface area (Å²) in [7, 11) is 0. The molecule has 0 saturated carbocycles. The zero-order chi connectivity index (χ0) is 15.5. The van der Waals surface area contributed by atoms with Gasteiger partial charge in [-0.15, -0.1) is 5.10 Å². The first-order chi connectivity index (χ1) is 10.6. The Morgan fingerprint density at radius 3 is 2.68 bits per heavy atom. The molecular weight excluding hydrogens is 351 g/mol. The minimum atomic E-state index is -0.327. The van der Waals surface area contributed by atoms with Crippen molar-refractivity contribution in [3.05, 3.63) is 64.4 Å². The number of aromatic nitrogens is 3. The first kappa shape index (κ1) is 14.4. The number of amides is 1. The van der Waals surface area contributed by atoms with Gasteiger partial charge in [0.25, 0.3) is 5.91 Å². The Hall–Kier alpha value is -2.54. The molecule has 0 atom stereocenters. The van der Waals surface area contributed by atoms with E-state index in [9.17, 15) is 9.18 Å². The Balaban J connectivity index is 1.77. The third-order valence-electron chi connectivity index (χ3n) is 2.92. The van der Waals surface area contributed by atoms with Gasteiger partial charge in [0.1, 0.15) is 5.82 Å². The van der Waals surface area contributed by atoms with Gasteiger partial charge in [-0.05, 0) is 42.5 Å². The van der Waals surface area contributed by atoms with Gasteiger partial charge in [0.05, 0.1) is 0 Å². The van der Waals surface area contributed by atoms with Gasteiger partial charge < -0.3 is 0 Å². The molecule has 3 aromatic rings. The lowest BCUT2D eigenvalue weighted by Gasteiger charge is -2.01. The molecule has 22 heavy (non-hydrogen) atoms. The molecule has 2 aromatic carbocycles. The van der Waals surface area contributed by atoms with Gasteiger partial charge in [-0.2, -0.15) is 4.98 Å². The predicted molar refractivity (Wildman–Crippen MR) is 83.9 cm³/mol. The van der Waals surface area contributed by atoms with Crippen molar-refractivity contribution in [1.29, 1.82) is 0 Å². The number of carbonyl (C=O) groups excluding carboxylic acids is 1. The van der Waals surface area contributed by atoms with Crippen molar-refractivity contribution in [1.82, 2.24) is 15.2 Å². The van der Waals surface area contributed by atoms with Gasteiger partial charge in [-0.25, -0.2) is 4.39 Å². The number of aromatic amines is 1. The fourth-order valence-electron chi connectivity index (χ4n) is 1.86. The largest absolute Gasteiger partial charge is 0.289 e. The molecular formula is C15H10BrFN4O. The highest BCUT2D eigenvalue weighted by molar-refractivity contribution is 9.10. The summed E-state index contributed by atoms with van der Waals surface area (Å²) in [5.74, 6) is -0.0359. The first-order valence-electron chi connectivity index (χ1n) is 6.37. The molecule has 0 bridgehead atoms. The molecule has 7 heteroatoms. The van der Waals surface area contributed by atoms with Crippen LogP contribution in [0.15, 0.2) is 53.0 Å². The van der Waals surface area contributed by atoms with Crippen LogP contribution in [-0.2, 0) is 0 Å². The van der Waals surface area contributed by atoms with E-state index >= 15 is 0 Å². The van der Waals surface area contributed by atoms with Crippen molar-refractivity contribution in [2.24, 2.45) is 0 Å². The molecule has 1 amide bonds. The van der Waals surface area contributed by atoms with E-state index in [0.717, 1.165) is 4.47 Å². The smallest absolute Gasteiger partial charge is 0.258 e. The standard InChI is InChI=1S/C15H10BrFN4O/c16-11-3-1-2-10(8-11)14(22)19-15-18-13(20-21-15)9-4-6-12(17)7-5-9/h1-8H,(H2,18,19,20,21,22). The van der Waals surface area contributed by atoms with E-state index in [1.807, 2.05) is 6.07 Å². The van der Waals surface area contributed by atoms with Crippen molar-refractivity contribution in [3.8, 4) is 11.4 Å². The molecule has 0 aliphatic heterocycles. The Morgan fingerprint density at radius 2 is 1.95 bits per heavy atom. The maximum atomic E-state index is 12.9. The SMILES string of the molecule is O=C(Nc1n[nH]c(-c2ccc(F)cc2)n1)c1cccc(Br)c1. The maximum Gasteiger partial charge on any atom is 0.258 e. The third kappa shape index (κ3) is 3.20. The highest BCUT2D eigenvalue weighted by Gasteiger charge is 2.11. The topological polar surface area (TPSA) is 70.7 Å². The molecule has 110 valence electrons. The molecule has 0 spiro atoms. The van der Waals surface area contributed by atoms with E-state index in [2.05, 4.69) is 36.4 Å². The minimum absolute atomic E-state index is 0.157. The summed E-state index contributed by atoms with van der Waals surface area (Å²) in [5.41, 5.74) is 1.17. The monoisotopic (exact) mass is 360 g/mol. The number of H-pyrrole nitrogens is 1. The van der Waals surface area contributed by atoms with E-state index in [1.54, 1.807) is 30.3 Å². The average Bonchev–Trinajstić information content (AvgIpc) is 2.96. The third-order valence-corrected chi connectivity index (χ3v) is 3.41. The van der Waals surface area contributed by atoms with Crippen LogP contribution in [0.2, 0.25) is 0 Å². The quantitative estimate of drug-likeness (QED) is 0.749. The summed E-state index contributed by atoms with van der Waals surface area (Å²) >= 11 is 3.31. The second kappa shape index (κ2) is 6.07. The highest BCUT2D eigenvalue weighted by atomic mass is 79.9. The molecule has 0 aliphatic carbocycles. The van der Waals surface area contributed by atoms with E-state index in [0.29, 0.717) is 17.0 Å². The molecule has 1 aromatic heterocycles. The van der Waals surface area contributed by atoms with Crippen LogP contribution in [0.1, 0.15) is 10.4 Å². The van der Waals surface area contributed by atoms with Crippen LogP contribution >= 0.6 is 15.9 Å². The Kier molecular flexibility index (Phi) is 3.97. The molecule has 0 saturated heterocycles. The average molecular weight is 361 g/mol. The molecule has 0 unspecified atom stereocenters. The first-order valence-corrected chi connectivity index (χ1v) is 7.16. The number of anilines is 1. The highest BCUT2D eigenvalue weighted by Crippen LogP contribution is 2.17. The van der Waals surface area contributed by atoms with Crippen LogP contribution in [-0.4, -0.2) is 21.1 Å². The number of hydrogen-bond donors (Lipinski definition) is 2. The van der Waals surface area contributed by atoms with Crippen LogP contribution in [0.25, 0.3) is 11.4 Å². The summed E-state index contributed by atoms with van der Waals surface area (Å²) in [6, 6.07) is 12.8. The number of benzene rings is 2. The van der Waals surface area contributed by atoms with E-state index in [4.69, 9.17) is 0 Å². The van der Waals surface area contributed by atoms with Crippen molar-refractivity contribution < 1.29 is 9.18 Å². The summed E-state index contributed by atoms with van der Waals surface area (Å²) in [4.78, 5) is 16.2. The van der Waals surface area contributed by atoms with E-state index in [-0.39, 0.29) is 17.7 Å². The second-order valence-electron chi connectivity index (χ2n) is 4.48. The normalized spacial score (nSPS) is 10.5. The summed E-state index contributed by atoms with van der Waals surface area (Å²) < 4.78 is 13.7. The summed E-state index contributed by atoms with van der Waals surface area (Å²) in [6.45, 7) is 0. The second-order valence-corrected chi connectivity index (χ2v) is 5.39.